The van der Waals surface area contributed by atoms with Crippen molar-refractivity contribution < 1.29 is 29.3 Å². The van der Waals surface area contributed by atoms with Crippen LogP contribution < -0.4 is 4.74 Å². The van der Waals surface area contributed by atoms with Gasteiger partial charge in [0, 0.05) is 12.3 Å². The van der Waals surface area contributed by atoms with Crippen LogP contribution in [0.3, 0.4) is 0 Å². The molecule has 0 aliphatic heterocycles. The first kappa shape index (κ1) is 21.8. The van der Waals surface area contributed by atoms with Crippen molar-refractivity contribution in [3.63, 3.8) is 0 Å². The molecule has 2 N–H and O–H groups in total. The molecule has 1 unspecified atom stereocenters. The number of ketones is 1. The van der Waals surface area contributed by atoms with Crippen LogP contribution in [0.1, 0.15) is 33.8 Å². The van der Waals surface area contributed by atoms with E-state index in [1.807, 2.05) is 30.3 Å². The molecule has 3 aromatic rings. The van der Waals surface area contributed by atoms with Crippen molar-refractivity contribution >= 4 is 17.7 Å². The van der Waals surface area contributed by atoms with Crippen LogP contribution >= 0.6 is 0 Å². The molecule has 0 radical (unpaired) electrons. The number of rotatable bonds is 10. The van der Waals surface area contributed by atoms with Gasteiger partial charge in [-0.05, 0) is 23.3 Å². The van der Waals surface area contributed by atoms with Crippen LogP contribution in [0.2, 0.25) is 0 Å². The molecule has 3 rings (SSSR count). The fraction of sp³-hybridized carbons (Fsp3) is 0.160. The summed E-state index contributed by atoms with van der Waals surface area (Å²) < 4.78 is 5.83. The minimum absolute atomic E-state index is 0.264. The number of carboxylic acid groups (broad SMARTS) is 2. The number of carbonyl (C=O) groups is 3. The van der Waals surface area contributed by atoms with Crippen molar-refractivity contribution in [2.24, 2.45) is 5.92 Å². The van der Waals surface area contributed by atoms with Gasteiger partial charge in [-0.15, -0.1) is 0 Å². The highest BCUT2D eigenvalue weighted by atomic mass is 16.5. The Kier molecular flexibility index (Phi) is 7.17. The second-order valence-electron chi connectivity index (χ2n) is 7.07. The second kappa shape index (κ2) is 10.2. The highest BCUT2D eigenvalue weighted by Gasteiger charge is 2.37. The summed E-state index contributed by atoms with van der Waals surface area (Å²) in [5, 5.41) is 19.0. The maximum atomic E-state index is 13.1. The first-order chi connectivity index (χ1) is 15.0. The molecule has 31 heavy (non-hydrogen) atoms. The van der Waals surface area contributed by atoms with Crippen LogP contribution in [0.4, 0.5) is 0 Å². The van der Waals surface area contributed by atoms with E-state index in [2.05, 4.69) is 0 Å². The summed E-state index contributed by atoms with van der Waals surface area (Å²) in [5.41, 5.74) is 1.70. The standard InChI is InChI=1S/C25H22O6/c26-21(15-20(18-11-5-2-6-12-18)23(24(27)28)25(29)30)19-13-7-8-14-22(19)31-16-17-9-3-1-4-10-17/h1-14,20,23H,15-16H2,(H,27,28)(H,29,30). The maximum absolute atomic E-state index is 13.1. The van der Waals surface area contributed by atoms with Crippen LogP contribution in [0.25, 0.3) is 0 Å². The van der Waals surface area contributed by atoms with E-state index < -0.39 is 23.8 Å². The molecule has 0 heterocycles. The van der Waals surface area contributed by atoms with Crippen LogP contribution in [0, 0.1) is 5.92 Å². The predicted molar refractivity (Wildman–Crippen MR) is 114 cm³/mol. The Morgan fingerprint density at radius 2 is 1.29 bits per heavy atom. The monoisotopic (exact) mass is 418 g/mol. The number of para-hydroxylation sites is 1. The first-order valence-electron chi connectivity index (χ1n) is 9.77. The minimum Gasteiger partial charge on any atom is -0.488 e. The SMILES string of the molecule is O=C(CC(c1ccccc1)C(C(=O)O)C(=O)O)c1ccccc1OCc1ccccc1. The van der Waals surface area contributed by atoms with E-state index in [1.54, 1.807) is 54.6 Å². The third-order valence-electron chi connectivity index (χ3n) is 4.99. The molecule has 0 saturated carbocycles. The Labute approximate surface area is 179 Å². The zero-order valence-corrected chi connectivity index (χ0v) is 16.7. The maximum Gasteiger partial charge on any atom is 0.318 e. The Bertz CT molecular complexity index is 1030. The number of carboxylic acids is 2. The van der Waals surface area contributed by atoms with Crippen molar-refractivity contribution in [1.82, 2.24) is 0 Å². The molecule has 0 aliphatic carbocycles. The van der Waals surface area contributed by atoms with Gasteiger partial charge >= 0.3 is 11.9 Å². The topological polar surface area (TPSA) is 101 Å². The van der Waals surface area contributed by atoms with Gasteiger partial charge < -0.3 is 14.9 Å². The summed E-state index contributed by atoms with van der Waals surface area (Å²) in [5.74, 6) is -5.75. The van der Waals surface area contributed by atoms with E-state index in [0.29, 0.717) is 11.3 Å². The molecule has 0 bridgehead atoms. The predicted octanol–water partition coefficient (Wildman–Crippen LogP) is 4.41. The average Bonchev–Trinajstić information content (AvgIpc) is 2.78. The summed E-state index contributed by atoms with van der Waals surface area (Å²) in [4.78, 5) is 36.5. The Morgan fingerprint density at radius 1 is 0.742 bits per heavy atom. The van der Waals surface area contributed by atoms with Gasteiger partial charge in [0.2, 0.25) is 0 Å². The van der Waals surface area contributed by atoms with Crippen molar-refractivity contribution in [2.75, 3.05) is 0 Å². The molecule has 3 aromatic carbocycles. The molecule has 0 amide bonds. The van der Waals surface area contributed by atoms with E-state index in [9.17, 15) is 24.6 Å². The lowest BCUT2D eigenvalue weighted by molar-refractivity contribution is -0.155. The number of carbonyl (C=O) groups excluding carboxylic acids is 1. The quantitative estimate of drug-likeness (QED) is 0.374. The summed E-state index contributed by atoms with van der Waals surface area (Å²) in [6.07, 6.45) is -0.279. The lowest BCUT2D eigenvalue weighted by atomic mass is 9.81. The van der Waals surface area contributed by atoms with Gasteiger partial charge in [-0.25, -0.2) is 0 Å². The van der Waals surface area contributed by atoms with E-state index in [0.717, 1.165) is 5.56 Å². The molecule has 6 heteroatoms. The van der Waals surface area contributed by atoms with Gasteiger partial charge in [0.1, 0.15) is 12.4 Å². The fourth-order valence-corrected chi connectivity index (χ4v) is 3.45. The van der Waals surface area contributed by atoms with Crippen molar-refractivity contribution in [3.05, 3.63) is 102 Å². The number of hydrogen-bond acceptors (Lipinski definition) is 4. The van der Waals surface area contributed by atoms with Crippen LogP contribution in [0.15, 0.2) is 84.9 Å². The third-order valence-corrected chi connectivity index (χ3v) is 4.99. The molecule has 0 aliphatic rings. The highest BCUT2D eigenvalue weighted by Crippen LogP contribution is 2.32. The van der Waals surface area contributed by atoms with Crippen molar-refractivity contribution in [3.8, 4) is 5.75 Å². The molecular weight excluding hydrogens is 396 g/mol. The third kappa shape index (κ3) is 5.57. The van der Waals surface area contributed by atoms with Gasteiger partial charge in [0.15, 0.2) is 11.7 Å². The van der Waals surface area contributed by atoms with E-state index >= 15 is 0 Å². The molecule has 6 nitrogen and oxygen atoms in total. The average molecular weight is 418 g/mol. The van der Waals surface area contributed by atoms with Gasteiger partial charge in [0.25, 0.3) is 0 Å². The summed E-state index contributed by atoms with van der Waals surface area (Å²) in [7, 11) is 0. The number of benzene rings is 3. The van der Waals surface area contributed by atoms with Crippen LogP contribution in [-0.2, 0) is 16.2 Å². The largest absolute Gasteiger partial charge is 0.488 e. The number of hydrogen-bond donors (Lipinski definition) is 2. The number of ether oxygens (including phenoxy) is 1. The minimum atomic E-state index is -1.75. The lowest BCUT2D eigenvalue weighted by Gasteiger charge is -2.21. The molecule has 0 aromatic heterocycles. The Hall–Kier alpha value is -3.93. The van der Waals surface area contributed by atoms with E-state index in [-0.39, 0.29) is 24.4 Å². The molecule has 0 saturated heterocycles. The smallest absolute Gasteiger partial charge is 0.318 e. The first-order valence-corrected chi connectivity index (χ1v) is 9.77. The van der Waals surface area contributed by atoms with Gasteiger partial charge in [-0.2, -0.15) is 0 Å². The normalized spacial score (nSPS) is 11.6. The van der Waals surface area contributed by atoms with E-state index in [4.69, 9.17) is 4.74 Å². The lowest BCUT2D eigenvalue weighted by Crippen LogP contribution is -2.31. The fourth-order valence-electron chi connectivity index (χ4n) is 3.45. The van der Waals surface area contributed by atoms with Crippen molar-refractivity contribution in [1.29, 1.82) is 0 Å². The summed E-state index contributed by atoms with van der Waals surface area (Å²) in [6, 6.07) is 24.5. The Morgan fingerprint density at radius 3 is 1.90 bits per heavy atom. The number of aliphatic carboxylic acids is 2. The molecule has 158 valence electrons. The molecular formula is C25H22O6. The summed E-state index contributed by atoms with van der Waals surface area (Å²) in [6.45, 7) is 0.264. The Balaban J connectivity index is 1.87. The van der Waals surface area contributed by atoms with Gasteiger partial charge in [-0.1, -0.05) is 72.8 Å². The molecule has 0 spiro atoms. The zero-order valence-electron chi connectivity index (χ0n) is 16.7. The highest BCUT2D eigenvalue weighted by molar-refractivity contribution is 6.01. The van der Waals surface area contributed by atoms with Crippen LogP contribution in [-0.4, -0.2) is 27.9 Å². The van der Waals surface area contributed by atoms with Crippen LogP contribution in [0.5, 0.6) is 5.75 Å². The zero-order chi connectivity index (χ0) is 22.2. The molecule has 0 fully saturated rings. The summed E-state index contributed by atoms with van der Waals surface area (Å²) >= 11 is 0. The number of Topliss-reactive ketones (excluding diaryl/α,β-unsaturated/α-hetero) is 1. The van der Waals surface area contributed by atoms with Gasteiger partial charge in [0.05, 0.1) is 5.56 Å². The van der Waals surface area contributed by atoms with E-state index in [1.165, 1.54) is 0 Å². The van der Waals surface area contributed by atoms with Crippen molar-refractivity contribution in [2.45, 2.75) is 18.9 Å². The van der Waals surface area contributed by atoms with Gasteiger partial charge in [-0.3, -0.25) is 14.4 Å². The molecule has 1 atom stereocenters. The second-order valence-corrected chi connectivity index (χ2v) is 7.07.